The third-order valence-corrected chi connectivity index (χ3v) is 4.51. The maximum atomic E-state index is 12.5. The zero-order valence-corrected chi connectivity index (χ0v) is 16.8. The van der Waals surface area contributed by atoms with Crippen LogP contribution >= 0.6 is 11.6 Å². The second kappa shape index (κ2) is 9.66. The van der Waals surface area contributed by atoms with Crippen LogP contribution in [0.1, 0.15) is 18.1 Å². The Bertz CT molecular complexity index is 1130. The fourth-order valence-electron chi connectivity index (χ4n) is 2.63. The van der Waals surface area contributed by atoms with E-state index in [4.69, 9.17) is 11.6 Å². The van der Waals surface area contributed by atoms with Crippen LogP contribution in [0.5, 0.6) is 0 Å². The number of halogens is 1. The number of aromatic amines is 1. The minimum Gasteiger partial charge on any atom is -0.383 e. The number of anilines is 1. The van der Waals surface area contributed by atoms with Gasteiger partial charge in [0.15, 0.2) is 0 Å². The predicted octanol–water partition coefficient (Wildman–Crippen LogP) is 3.69. The Labute approximate surface area is 176 Å². The second-order valence-corrected chi connectivity index (χ2v) is 6.79. The molecular formula is C20H19ClN6O3. The summed E-state index contributed by atoms with van der Waals surface area (Å²) in [6, 6.07) is 13.2. The normalized spacial score (nSPS) is 11.7. The van der Waals surface area contributed by atoms with Crippen molar-refractivity contribution in [1.29, 1.82) is 0 Å². The highest BCUT2D eigenvalue weighted by molar-refractivity contribution is 6.30. The van der Waals surface area contributed by atoms with Gasteiger partial charge in [0.25, 0.3) is 11.2 Å². The van der Waals surface area contributed by atoms with E-state index in [-0.39, 0.29) is 11.2 Å². The molecule has 154 valence electrons. The molecule has 0 aliphatic heterocycles. The minimum atomic E-state index is -0.467. The maximum absolute atomic E-state index is 12.5. The molecular weight excluding hydrogens is 408 g/mol. The maximum Gasteiger partial charge on any atom is 0.275 e. The first-order chi connectivity index (χ1) is 14.4. The first-order valence-electron chi connectivity index (χ1n) is 9.04. The van der Waals surface area contributed by atoms with Crippen molar-refractivity contribution in [2.24, 2.45) is 10.2 Å². The number of nitrogens with zero attached hydrogens (tertiary/aromatic N) is 4. The van der Waals surface area contributed by atoms with Crippen molar-refractivity contribution in [3.05, 3.63) is 91.3 Å². The van der Waals surface area contributed by atoms with Crippen LogP contribution in [0.3, 0.4) is 0 Å². The molecule has 0 unspecified atom stereocenters. The van der Waals surface area contributed by atoms with Crippen LogP contribution in [0.2, 0.25) is 5.02 Å². The average molecular weight is 427 g/mol. The summed E-state index contributed by atoms with van der Waals surface area (Å²) in [5.41, 5.74) is 2.26. The van der Waals surface area contributed by atoms with Gasteiger partial charge in [0, 0.05) is 35.6 Å². The third-order valence-electron chi connectivity index (χ3n) is 4.26. The number of nitro groups is 1. The highest BCUT2D eigenvalue weighted by atomic mass is 35.5. The van der Waals surface area contributed by atoms with Crippen LogP contribution in [0, 0.1) is 10.1 Å². The monoisotopic (exact) mass is 426 g/mol. The summed E-state index contributed by atoms with van der Waals surface area (Å²) in [5, 5.41) is 25.5. The van der Waals surface area contributed by atoms with Gasteiger partial charge in [-0.25, -0.2) is 0 Å². The Morgan fingerprint density at radius 1 is 1.23 bits per heavy atom. The van der Waals surface area contributed by atoms with Gasteiger partial charge in [-0.3, -0.25) is 19.6 Å². The zero-order valence-electron chi connectivity index (χ0n) is 16.1. The Hall–Kier alpha value is -3.72. The molecule has 0 radical (unpaired) electrons. The number of rotatable bonds is 8. The molecule has 30 heavy (non-hydrogen) atoms. The van der Waals surface area contributed by atoms with Gasteiger partial charge in [0.05, 0.1) is 29.0 Å². The summed E-state index contributed by atoms with van der Waals surface area (Å²) >= 11 is 5.86. The van der Waals surface area contributed by atoms with Gasteiger partial charge in [-0.1, -0.05) is 11.6 Å². The predicted molar refractivity (Wildman–Crippen MR) is 118 cm³/mol. The number of hydrogen-bond acceptors (Lipinski definition) is 6. The highest BCUT2D eigenvalue weighted by Crippen LogP contribution is 2.13. The molecule has 1 heterocycles. The Morgan fingerprint density at radius 3 is 2.60 bits per heavy atom. The van der Waals surface area contributed by atoms with E-state index in [0.717, 1.165) is 5.69 Å². The largest absolute Gasteiger partial charge is 0.383 e. The standard InChI is InChI=1S/C20H19ClN6O3/c1-14(25-23-12-15-2-8-18(9-3-15)27(29)30)19-13-24-26(20(19)28)11-10-22-17-6-4-16(21)5-7-17/h2-9,12-13,22,24H,10-11H2,1H3. The molecule has 0 aliphatic carbocycles. The molecule has 0 spiro atoms. The van der Waals surface area contributed by atoms with Gasteiger partial charge in [0.1, 0.15) is 0 Å². The van der Waals surface area contributed by atoms with Gasteiger partial charge in [-0.15, -0.1) is 0 Å². The molecule has 0 saturated heterocycles. The van der Waals surface area contributed by atoms with Gasteiger partial charge in [-0.2, -0.15) is 10.2 Å². The number of hydrogen-bond donors (Lipinski definition) is 2. The fourth-order valence-corrected chi connectivity index (χ4v) is 2.76. The van der Waals surface area contributed by atoms with Crippen LogP contribution in [-0.4, -0.2) is 33.2 Å². The smallest absolute Gasteiger partial charge is 0.275 e. The van der Waals surface area contributed by atoms with Crippen LogP contribution in [0.15, 0.2) is 69.7 Å². The van der Waals surface area contributed by atoms with E-state index in [1.165, 1.54) is 23.0 Å². The van der Waals surface area contributed by atoms with E-state index in [1.54, 1.807) is 37.4 Å². The SMILES string of the molecule is CC(=NN=Cc1ccc([N+](=O)[O-])cc1)c1c[nH]n(CCNc2ccc(Cl)cc2)c1=O. The molecule has 3 aromatic rings. The Kier molecular flexibility index (Phi) is 6.76. The molecule has 0 bridgehead atoms. The lowest BCUT2D eigenvalue weighted by Crippen LogP contribution is -2.24. The molecule has 2 aromatic carbocycles. The molecule has 0 saturated carbocycles. The van der Waals surface area contributed by atoms with Gasteiger partial charge in [-0.05, 0) is 48.9 Å². The van der Waals surface area contributed by atoms with E-state index >= 15 is 0 Å². The molecule has 0 atom stereocenters. The number of aromatic nitrogens is 2. The van der Waals surface area contributed by atoms with E-state index in [9.17, 15) is 14.9 Å². The number of H-pyrrole nitrogens is 1. The second-order valence-electron chi connectivity index (χ2n) is 6.36. The lowest BCUT2D eigenvalue weighted by molar-refractivity contribution is -0.384. The third kappa shape index (κ3) is 5.42. The van der Waals surface area contributed by atoms with Crippen molar-refractivity contribution in [3.63, 3.8) is 0 Å². The van der Waals surface area contributed by atoms with E-state index < -0.39 is 4.92 Å². The molecule has 0 fully saturated rings. The van der Waals surface area contributed by atoms with E-state index in [0.29, 0.717) is 35.0 Å². The summed E-state index contributed by atoms with van der Waals surface area (Å²) in [5.74, 6) is 0. The zero-order chi connectivity index (χ0) is 21.5. The lowest BCUT2D eigenvalue weighted by Gasteiger charge is -2.06. The van der Waals surface area contributed by atoms with Gasteiger partial charge >= 0.3 is 0 Å². The topological polar surface area (TPSA) is 118 Å². The van der Waals surface area contributed by atoms with Crippen LogP contribution in [0.25, 0.3) is 0 Å². The number of non-ortho nitro benzene ring substituents is 1. The van der Waals surface area contributed by atoms with Crippen molar-refractivity contribution in [2.45, 2.75) is 13.5 Å². The highest BCUT2D eigenvalue weighted by Gasteiger charge is 2.09. The molecule has 10 heteroatoms. The number of benzene rings is 2. The first kappa shape index (κ1) is 21.0. The van der Waals surface area contributed by atoms with Crippen molar-refractivity contribution in [3.8, 4) is 0 Å². The summed E-state index contributed by atoms with van der Waals surface area (Å²) in [7, 11) is 0. The summed E-state index contributed by atoms with van der Waals surface area (Å²) in [6.07, 6.45) is 3.05. The van der Waals surface area contributed by atoms with Crippen molar-refractivity contribution >= 4 is 34.9 Å². The van der Waals surface area contributed by atoms with E-state index in [2.05, 4.69) is 20.6 Å². The minimum absolute atomic E-state index is 0.00487. The molecule has 2 N–H and O–H groups in total. The Morgan fingerprint density at radius 2 is 1.93 bits per heavy atom. The molecule has 3 rings (SSSR count). The van der Waals surface area contributed by atoms with Crippen LogP contribution < -0.4 is 10.9 Å². The molecule has 9 nitrogen and oxygen atoms in total. The summed E-state index contributed by atoms with van der Waals surface area (Å²) < 4.78 is 1.48. The van der Waals surface area contributed by atoms with Crippen molar-refractivity contribution in [2.75, 3.05) is 11.9 Å². The summed E-state index contributed by atoms with van der Waals surface area (Å²) in [4.78, 5) is 22.7. The number of nitro benzene ring substituents is 1. The van der Waals surface area contributed by atoms with Gasteiger partial charge in [0.2, 0.25) is 0 Å². The first-order valence-corrected chi connectivity index (χ1v) is 9.42. The molecule has 0 aliphatic rings. The van der Waals surface area contributed by atoms with Gasteiger partial charge < -0.3 is 10.4 Å². The Balaban J connectivity index is 1.60. The van der Waals surface area contributed by atoms with Crippen molar-refractivity contribution < 1.29 is 4.92 Å². The summed E-state index contributed by atoms with van der Waals surface area (Å²) in [6.45, 7) is 2.69. The van der Waals surface area contributed by atoms with Crippen LogP contribution in [0.4, 0.5) is 11.4 Å². The van der Waals surface area contributed by atoms with Crippen molar-refractivity contribution in [1.82, 2.24) is 9.78 Å². The quantitative estimate of drug-likeness (QED) is 0.324. The number of nitrogens with one attached hydrogen (secondary N) is 2. The lowest BCUT2D eigenvalue weighted by atomic mass is 10.2. The average Bonchev–Trinajstić information content (AvgIpc) is 3.10. The molecule has 0 amide bonds. The fraction of sp³-hybridized carbons (Fsp3) is 0.150. The molecule has 1 aromatic heterocycles. The van der Waals surface area contributed by atoms with E-state index in [1.807, 2.05) is 12.1 Å². The van der Waals surface area contributed by atoms with Crippen LogP contribution in [-0.2, 0) is 6.54 Å².